The average molecular weight is 338 g/mol. The Labute approximate surface area is 147 Å². The lowest BCUT2D eigenvalue weighted by Gasteiger charge is -2.20. The van der Waals surface area contributed by atoms with Crippen molar-refractivity contribution in [3.05, 3.63) is 59.2 Å². The Hall–Kier alpha value is -2.82. The van der Waals surface area contributed by atoms with E-state index in [9.17, 15) is 4.79 Å². The van der Waals surface area contributed by atoms with E-state index in [0.29, 0.717) is 12.2 Å². The zero-order valence-corrected chi connectivity index (χ0v) is 14.9. The van der Waals surface area contributed by atoms with Crippen molar-refractivity contribution in [2.24, 2.45) is 5.10 Å². The van der Waals surface area contributed by atoms with E-state index in [-0.39, 0.29) is 11.9 Å². The Morgan fingerprint density at radius 1 is 1.16 bits per heavy atom. The molecule has 2 aromatic carbocycles. The summed E-state index contributed by atoms with van der Waals surface area (Å²) in [4.78, 5) is 12.1. The molecule has 0 spiro atoms. The molecule has 1 amide bonds. The molecule has 0 unspecified atom stereocenters. The molecule has 0 aromatic heterocycles. The zero-order valence-electron chi connectivity index (χ0n) is 14.9. The number of ether oxygens (including phenoxy) is 2. The second-order valence-corrected chi connectivity index (χ2v) is 6.11. The van der Waals surface area contributed by atoms with Crippen LogP contribution in [0.15, 0.2) is 47.6 Å². The highest BCUT2D eigenvalue weighted by Gasteiger charge is 2.32. The van der Waals surface area contributed by atoms with Crippen molar-refractivity contribution in [3.63, 3.8) is 0 Å². The van der Waals surface area contributed by atoms with E-state index in [1.165, 1.54) is 0 Å². The monoisotopic (exact) mass is 338 g/mol. The Morgan fingerprint density at radius 3 is 2.60 bits per heavy atom. The number of hydrazone groups is 1. The number of amides is 1. The normalized spacial score (nSPS) is 16.6. The first-order valence-corrected chi connectivity index (χ1v) is 8.19. The van der Waals surface area contributed by atoms with E-state index >= 15 is 0 Å². The predicted octanol–water partition coefficient (Wildman–Crippen LogP) is 3.71. The molecule has 1 aliphatic rings. The summed E-state index contributed by atoms with van der Waals surface area (Å²) in [5.74, 6) is 1.33. The van der Waals surface area contributed by atoms with Gasteiger partial charge in [0.1, 0.15) is 11.5 Å². The van der Waals surface area contributed by atoms with Crippen molar-refractivity contribution in [1.82, 2.24) is 5.01 Å². The molecular weight excluding hydrogens is 316 g/mol. The number of hydrogen-bond donors (Lipinski definition) is 0. The number of carbonyl (C=O) groups excluding carboxylic acids is 1. The largest absolute Gasteiger partial charge is 0.497 e. The van der Waals surface area contributed by atoms with Gasteiger partial charge in [0, 0.05) is 25.0 Å². The molecule has 0 fully saturated rings. The van der Waals surface area contributed by atoms with Gasteiger partial charge < -0.3 is 9.47 Å². The van der Waals surface area contributed by atoms with Crippen LogP contribution in [0.4, 0.5) is 0 Å². The van der Waals surface area contributed by atoms with E-state index in [1.807, 2.05) is 43.3 Å². The van der Waals surface area contributed by atoms with Crippen LogP contribution in [0.5, 0.6) is 11.5 Å². The van der Waals surface area contributed by atoms with E-state index in [2.05, 4.69) is 11.2 Å². The molecule has 1 atom stereocenters. The number of methoxy groups -OCH3 is 2. The van der Waals surface area contributed by atoms with Crippen molar-refractivity contribution in [2.75, 3.05) is 14.2 Å². The second-order valence-electron chi connectivity index (χ2n) is 6.11. The third-order valence-corrected chi connectivity index (χ3v) is 4.38. The Balaban J connectivity index is 1.99. The summed E-state index contributed by atoms with van der Waals surface area (Å²) >= 11 is 0. The van der Waals surface area contributed by atoms with Gasteiger partial charge in [-0.15, -0.1) is 0 Å². The van der Waals surface area contributed by atoms with Gasteiger partial charge in [0.05, 0.1) is 26.0 Å². The van der Waals surface area contributed by atoms with Gasteiger partial charge in [-0.1, -0.05) is 29.8 Å². The van der Waals surface area contributed by atoms with Crippen molar-refractivity contribution in [1.29, 1.82) is 0 Å². The van der Waals surface area contributed by atoms with Crippen molar-refractivity contribution in [2.45, 2.75) is 26.3 Å². The van der Waals surface area contributed by atoms with Gasteiger partial charge in [0.2, 0.25) is 5.91 Å². The van der Waals surface area contributed by atoms with Gasteiger partial charge in [-0.25, -0.2) is 5.01 Å². The number of aryl methyl sites for hydroxylation is 1. The van der Waals surface area contributed by atoms with Crippen molar-refractivity contribution < 1.29 is 14.3 Å². The highest BCUT2D eigenvalue weighted by Crippen LogP contribution is 2.36. The molecule has 0 saturated heterocycles. The van der Waals surface area contributed by atoms with E-state index < -0.39 is 0 Å². The topological polar surface area (TPSA) is 51.1 Å². The molecule has 0 bridgehead atoms. The third kappa shape index (κ3) is 3.36. The van der Waals surface area contributed by atoms with Crippen LogP contribution in [0.1, 0.15) is 36.1 Å². The Morgan fingerprint density at radius 2 is 1.96 bits per heavy atom. The standard InChI is InChI=1S/C20H22N2O3/c1-13-6-5-7-15(10-13)19-12-18(21-22(19)14(2)23)17-9-8-16(24-3)11-20(17)25-4/h5-11,19H,12H2,1-4H3/t19-/m0/s1. The van der Waals surface area contributed by atoms with Gasteiger partial charge in [-0.3, -0.25) is 4.79 Å². The summed E-state index contributed by atoms with van der Waals surface area (Å²) in [6.45, 7) is 3.59. The van der Waals surface area contributed by atoms with Gasteiger partial charge in [-0.2, -0.15) is 5.10 Å². The average Bonchev–Trinajstić information content (AvgIpc) is 3.06. The number of benzene rings is 2. The van der Waals surface area contributed by atoms with Crippen LogP contribution in [0.2, 0.25) is 0 Å². The lowest BCUT2D eigenvalue weighted by molar-refractivity contribution is -0.130. The molecule has 1 aliphatic heterocycles. The van der Waals surface area contributed by atoms with Crippen molar-refractivity contribution >= 4 is 11.6 Å². The SMILES string of the molecule is COc1ccc(C2=NN(C(C)=O)[C@H](c3cccc(C)c3)C2)c(OC)c1. The summed E-state index contributed by atoms with van der Waals surface area (Å²) in [7, 11) is 3.24. The number of hydrogen-bond acceptors (Lipinski definition) is 4. The number of nitrogens with zero attached hydrogens (tertiary/aromatic N) is 2. The fourth-order valence-corrected chi connectivity index (χ4v) is 3.14. The quantitative estimate of drug-likeness (QED) is 0.854. The molecule has 0 N–H and O–H groups in total. The molecule has 5 nitrogen and oxygen atoms in total. The molecule has 3 rings (SSSR count). The predicted molar refractivity (Wildman–Crippen MR) is 97.1 cm³/mol. The Kier molecular flexibility index (Phi) is 4.74. The van der Waals surface area contributed by atoms with Crippen molar-refractivity contribution in [3.8, 4) is 11.5 Å². The fraction of sp³-hybridized carbons (Fsp3) is 0.300. The molecule has 5 heteroatoms. The first-order valence-electron chi connectivity index (χ1n) is 8.19. The number of carbonyl (C=O) groups is 1. The van der Waals surface area contributed by atoms with E-state index in [0.717, 1.165) is 28.2 Å². The second kappa shape index (κ2) is 6.97. The lowest BCUT2D eigenvalue weighted by atomic mass is 9.97. The van der Waals surface area contributed by atoms with Crippen LogP contribution in [-0.4, -0.2) is 30.8 Å². The molecule has 0 saturated carbocycles. The summed E-state index contributed by atoms with van der Waals surface area (Å²) < 4.78 is 10.7. The Bertz CT molecular complexity index is 829. The van der Waals surface area contributed by atoms with Gasteiger partial charge in [-0.05, 0) is 24.6 Å². The lowest BCUT2D eigenvalue weighted by Crippen LogP contribution is -2.24. The maximum atomic E-state index is 12.1. The highest BCUT2D eigenvalue weighted by molar-refractivity contribution is 6.05. The van der Waals surface area contributed by atoms with Gasteiger partial charge >= 0.3 is 0 Å². The minimum absolute atomic E-state index is 0.0750. The highest BCUT2D eigenvalue weighted by atomic mass is 16.5. The minimum Gasteiger partial charge on any atom is -0.497 e. The third-order valence-electron chi connectivity index (χ3n) is 4.38. The maximum absolute atomic E-state index is 12.1. The molecular formula is C20H22N2O3. The molecule has 0 radical (unpaired) electrons. The summed E-state index contributed by atoms with van der Waals surface area (Å²) in [5, 5.41) is 6.15. The molecule has 25 heavy (non-hydrogen) atoms. The first-order chi connectivity index (χ1) is 12.0. The van der Waals surface area contributed by atoms with E-state index in [4.69, 9.17) is 9.47 Å². The molecule has 130 valence electrons. The van der Waals surface area contributed by atoms with Crippen LogP contribution >= 0.6 is 0 Å². The van der Waals surface area contributed by atoms with Gasteiger partial charge in [0.15, 0.2) is 0 Å². The van der Waals surface area contributed by atoms with Crippen LogP contribution in [0, 0.1) is 6.92 Å². The molecule has 1 heterocycles. The van der Waals surface area contributed by atoms with E-state index in [1.54, 1.807) is 26.2 Å². The zero-order chi connectivity index (χ0) is 18.0. The van der Waals surface area contributed by atoms with Crippen LogP contribution in [0.3, 0.4) is 0 Å². The summed E-state index contributed by atoms with van der Waals surface area (Å²) in [6, 6.07) is 13.7. The number of rotatable bonds is 4. The minimum atomic E-state index is -0.0980. The smallest absolute Gasteiger partial charge is 0.240 e. The summed E-state index contributed by atoms with van der Waals surface area (Å²) in [6.07, 6.45) is 0.645. The molecule has 0 aliphatic carbocycles. The van der Waals surface area contributed by atoms with Crippen LogP contribution < -0.4 is 9.47 Å². The summed E-state index contributed by atoms with van der Waals surface area (Å²) in [5.41, 5.74) is 3.96. The first kappa shape index (κ1) is 17.0. The maximum Gasteiger partial charge on any atom is 0.240 e. The van der Waals surface area contributed by atoms with Crippen LogP contribution in [-0.2, 0) is 4.79 Å². The molecule has 2 aromatic rings. The van der Waals surface area contributed by atoms with Crippen LogP contribution in [0.25, 0.3) is 0 Å². The van der Waals surface area contributed by atoms with Gasteiger partial charge in [0.25, 0.3) is 0 Å². The fourth-order valence-electron chi connectivity index (χ4n) is 3.14.